The molecule has 1 fully saturated rings. The molecule has 0 atom stereocenters. The lowest BCUT2D eigenvalue weighted by molar-refractivity contribution is -0.130. The monoisotopic (exact) mass is 199 g/mol. The average molecular weight is 199 g/mol. The Kier molecular flexibility index (Phi) is 4.90. The van der Waals surface area contributed by atoms with Crippen LogP contribution in [0.4, 0.5) is 0 Å². The molecule has 1 N–H and O–H groups in total. The van der Waals surface area contributed by atoms with Gasteiger partial charge in [0, 0.05) is 19.6 Å². The van der Waals surface area contributed by atoms with Gasteiger partial charge >= 0.3 is 0 Å². The van der Waals surface area contributed by atoms with Crippen molar-refractivity contribution in [1.29, 1.82) is 0 Å². The van der Waals surface area contributed by atoms with Crippen LogP contribution in [0.15, 0.2) is 0 Å². The van der Waals surface area contributed by atoms with Crippen molar-refractivity contribution < 1.29 is 4.79 Å². The average Bonchev–Trinajstić information content (AvgIpc) is 2.39. The lowest BCUT2D eigenvalue weighted by Crippen LogP contribution is -2.40. The summed E-state index contributed by atoms with van der Waals surface area (Å²) in [5.74, 6) is 0.238. The number of amides is 1. The third-order valence-electron chi connectivity index (χ3n) is 2.60. The molecular weight excluding hydrogens is 178 g/mol. The summed E-state index contributed by atoms with van der Waals surface area (Å²) in [5, 5.41) is 3.07. The van der Waals surface area contributed by atoms with Crippen LogP contribution in [-0.4, -0.2) is 62.0 Å². The van der Waals surface area contributed by atoms with Crippen LogP contribution in [0.1, 0.15) is 13.3 Å². The van der Waals surface area contributed by atoms with Gasteiger partial charge in [0.15, 0.2) is 0 Å². The van der Waals surface area contributed by atoms with Crippen LogP contribution >= 0.6 is 0 Å². The first-order valence-corrected chi connectivity index (χ1v) is 5.41. The molecule has 1 saturated heterocycles. The largest absolute Gasteiger partial charge is 0.340 e. The maximum Gasteiger partial charge on any atom is 0.236 e. The molecule has 82 valence electrons. The van der Waals surface area contributed by atoms with Crippen molar-refractivity contribution in [3.05, 3.63) is 0 Å². The zero-order valence-electron chi connectivity index (χ0n) is 9.25. The Hall–Kier alpha value is -0.610. The van der Waals surface area contributed by atoms with E-state index in [1.165, 1.54) is 0 Å². The fourth-order valence-corrected chi connectivity index (χ4v) is 1.64. The summed E-state index contributed by atoms with van der Waals surface area (Å²) < 4.78 is 0. The second kappa shape index (κ2) is 5.98. The van der Waals surface area contributed by atoms with Gasteiger partial charge in [-0.25, -0.2) is 0 Å². The van der Waals surface area contributed by atoms with Crippen LogP contribution in [0.25, 0.3) is 0 Å². The highest BCUT2D eigenvalue weighted by Crippen LogP contribution is 2.00. The maximum absolute atomic E-state index is 11.7. The van der Waals surface area contributed by atoms with E-state index < -0.39 is 0 Å². The normalized spacial score (nSPS) is 19.4. The lowest BCUT2D eigenvalue weighted by atomic mass is 10.4. The Morgan fingerprint density at radius 3 is 2.79 bits per heavy atom. The molecule has 4 nitrogen and oxygen atoms in total. The second-order valence-electron chi connectivity index (χ2n) is 3.82. The van der Waals surface area contributed by atoms with Crippen molar-refractivity contribution in [2.75, 3.05) is 46.3 Å². The predicted octanol–water partition coefficient (Wildman–Crippen LogP) is -0.240. The van der Waals surface area contributed by atoms with E-state index in [2.05, 4.69) is 17.3 Å². The topological polar surface area (TPSA) is 35.6 Å². The number of likely N-dealkylation sites (N-methyl/N-ethyl adjacent to an activating group) is 2. The molecular formula is C10H21N3O. The lowest BCUT2D eigenvalue weighted by Gasteiger charge is -2.20. The smallest absolute Gasteiger partial charge is 0.236 e. The number of hydrogen-bond acceptors (Lipinski definition) is 3. The number of hydrogen-bond donors (Lipinski definition) is 1. The van der Waals surface area contributed by atoms with Crippen LogP contribution in [0.2, 0.25) is 0 Å². The van der Waals surface area contributed by atoms with Crippen LogP contribution in [-0.2, 0) is 4.79 Å². The first-order chi connectivity index (χ1) is 6.74. The first-order valence-electron chi connectivity index (χ1n) is 5.41. The summed E-state index contributed by atoms with van der Waals surface area (Å²) in [6.45, 7) is 7.25. The first kappa shape index (κ1) is 11.5. The fourth-order valence-electron chi connectivity index (χ4n) is 1.64. The molecule has 0 aromatic carbocycles. The Balaban J connectivity index is 2.31. The van der Waals surface area contributed by atoms with Crippen molar-refractivity contribution in [2.45, 2.75) is 13.3 Å². The molecule has 1 rings (SSSR count). The van der Waals surface area contributed by atoms with Crippen LogP contribution in [0, 0.1) is 0 Å². The van der Waals surface area contributed by atoms with Gasteiger partial charge < -0.3 is 15.1 Å². The molecule has 1 heterocycles. The highest BCUT2D eigenvalue weighted by molar-refractivity contribution is 5.78. The summed E-state index contributed by atoms with van der Waals surface area (Å²) >= 11 is 0. The van der Waals surface area contributed by atoms with E-state index in [9.17, 15) is 4.79 Å². The van der Waals surface area contributed by atoms with Gasteiger partial charge in [-0.15, -0.1) is 0 Å². The Morgan fingerprint density at radius 2 is 2.07 bits per heavy atom. The SMILES string of the molecule is CCNCC(=O)N1CCCN(C)CC1. The second-order valence-corrected chi connectivity index (χ2v) is 3.82. The van der Waals surface area contributed by atoms with Gasteiger partial charge in [-0.2, -0.15) is 0 Å². The minimum Gasteiger partial charge on any atom is -0.340 e. The van der Waals surface area contributed by atoms with E-state index in [0.29, 0.717) is 6.54 Å². The molecule has 1 aliphatic heterocycles. The minimum atomic E-state index is 0.238. The predicted molar refractivity (Wildman–Crippen MR) is 57.2 cm³/mol. The van der Waals surface area contributed by atoms with E-state index >= 15 is 0 Å². The molecule has 1 aliphatic rings. The molecule has 0 aliphatic carbocycles. The standard InChI is InChI=1S/C10H21N3O/c1-3-11-9-10(14)13-6-4-5-12(2)7-8-13/h11H,3-9H2,1-2H3. The molecule has 0 aromatic heterocycles. The molecule has 0 saturated carbocycles. The Morgan fingerprint density at radius 1 is 1.29 bits per heavy atom. The zero-order chi connectivity index (χ0) is 10.4. The van der Waals surface area contributed by atoms with Gasteiger partial charge in [-0.05, 0) is 26.6 Å². The van der Waals surface area contributed by atoms with Crippen molar-refractivity contribution in [3.63, 3.8) is 0 Å². The van der Waals surface area contributed by atoms with Crippen LogP contribution in [0.3, 0.4) is 0 Å². The Bertz CT molecular complexity index is 184. The Labute approximate surface area is 86.2 Å². The third kappa shape index (κ3) is 3.64. The highest BCUT2D eigenvalue weighted by atomic mass is 16.2. The van der Waals surface area contributed by atoms with Crippen molar-refractivity contribution in [3.8, 4) is 0 Å². The number of carbonyl (C=O) groups excluding carboxylic acids is 1. The zero-order valence-corrected chi connectivity index (χ0v) is 9.25. The molecule has 1 amide bonds. The third-order valence-corrected chi connectivity index (χ3v) is 2.60. The summed E-state index contributed by atoms with van der Waals surface area (Å²) in [7, 11) is 2.11. The van der Waals surface area contributed by atoms with E-state index in [0.717, 1.165) is 39.1 Å². The van der Waals surface area contributed by atoms with Crippen LogP contribution in [0.5, 0.6) is 0 Å². The highest BCUT2D eigenvalue weighted by Gasteiger charge is 2.16. The molecule has 0 radical (unpaired) electrons. The van der Waals surface area contributed by atoms with Gasteiger partial charge in [0.05, 0.1) is 6.54 Å². The summed E-state index contributed by atoms with van der Waals surface area (Å²) in [6.07, 6.45) is 1.09. The van der Waals surface area contributed by atoms with E-state index in [4.69, 9.17) is 0 Å². The minimum absolute atomic E-state index is 0.238. The van der Waals surface area contributed by atoms with E-state index in [1.54, 1.807) is 0 Å². The summed E-state index contributed by atoms with van der Waals surface area (Å²) in [4.78, 5) is 15.9. The molecule has 14 heavy (non-hydrogen) atoms. The maximum atomic E-state index is 11.7. The van der Waals surface area contributed by atoms with E-state index in [-0.39, 0.29) is 5.91 Å². The van der Waals surface area contributed by atoms with Crippen molar-refractivity contribution in [2.24, 2.45) is 0 Å². The number of nitrogens with zero attached hydrogens (tertiary/aromatic N) is 2. The number of carbonyl (C=O) groups is 1. The van der Waals surface area contributed by atoms with Gasteiger partial charge in [-0.3, -0.25) is 4.79 Å². The molecule has 4 heteroatoms. The van der Waals surface area contributed by atoms with Gasteiger partial charge in [0.2, 0.25) is 5.91 Å². The van der Waals surface area contributed by atoms with E-state index in [1.807, 2.05) is 11.8 Å². The molecule has 0 unspecified atom stereocenters. The quantitative estimate of drug-likeness (QED) is 0.681. The molecule has 0 bridgehead atoms. The number of nitrogens with one attached hydrogen (secondary N) is 1. The van der Waals surface area contributed by atoms with Gasteiger partial charge in [0.25, 0.3) is 0 Å². The fraction of sp³-hybridized carbons (Fsp3) is 0.900. The molecule has 0 aromatic rings. The van der Waals surface area contributed by atoms with Crippen LogP contribution < -0.4 is 5.32 Å². The number of rotatable bonds is 3. The van der Waals surface area contributed by atoms with Crippen molar-refractivity contribution >= 4 is 5.91 Å². The summed E-state index contributed by atoms with van der Waals surface area (Å²) in [5.41, 5.74) is 0. The van der Waals surface area contributed by atoms with Crippen molar-refractivity contribution in [1.82, 2.24) is 15.1 Å². The molecule has 0 spiro atoms. The summed E-state index contributed by atoms with van der Waals surface area (Å²) in [6, 6.07) is 0. The van der Waals surface area contributed by atoms with Gasteiger partial charge in [-0.1, -0.05) is 6.92 Å². The van der Waals surface area contributed by atoms with Gasteiger partial charge in [0.1, 0.15) is 0 Å².